The molecule has 0 amide bonds. The standard InChI is InChI=1S/C17H20N4O/c18-8-4-9-21-12-15(11-20-10-7-16(22)13-20)17(19-21)14-5-2-1-3-6-14/h1-3,5-6,12,16,22H,4,7,9-11,13H2/t16-/m0/s1. The van der Waals surface area contributed by atoms with Gasteiger partial charge in [-0.1, -0.05) is 30.3 Å². The van der Waals surface area contributed by atoms with E-state index in [0.717, 1.165) is 42.9 Å². The van der Waals surface area contributed by atoms with E-state index in [-0.39, 0.29) is 6.10 Å². The largest absolute Gasteiger partial charge is 0.392 e. The van der Waals surface area contributed by atoms with Gasteiger partial charge in [0, 0.05) is 37.0 Å². The van der Waals surface area contributed by atoms with E-state index in [0.29, 0.717) is 13.0 Å². The van der Waals surface area contributed by atoms with Crippen LogP contribution < -0.4 is 0 Å². The van der Waals surface area contributed by atoms with Gasteiger partial charge in [-0.15, -0.1) is 0 Å². The number of nitriles is 1. The lowest BCUT2D eigenvalue weighted by Crippen LogP contribution is -2.21. The zero-order valence-corrected chi connectivity index (χ0v) is 12.5. The van der Waals surface area contributed by atoms with E-state index in [1.54, 1.807) is 0 Å². The normalized spacial score (nSPS) is 18.5. The van der Waals surface area contributed by atoms with Crippen molar-refractivity contribution >= 4 is 0 Å². The van der Waals surface area contributed by atoms with E-state index in [4.69, 9.17) is 5.26 Å². The maximum absolute atomic E-state index is 9.69. The molecule has 0 bridgehead atoms. The molecule has 2 aromatic rings. The van der Waals surface area contributed by atoms with Crippen LogP contribution in [-0.2, 0) is 13.1 Å². The molecule has 1 atom stereocenters. The number of β-amino-alcohol motifs (C(OH)–C–C–N with tert-alkyl or cyclic N) is 1. The Labute approximate surface area is 130 Å². The van der Waals surface area contributed by atoms with Crippen LogP contribution in [0.2, 0.25) is 0 Å². The summed E-state index contributed by atoms with van der Waals surface area (Å²) >= 11 is 0. The molecule has 2 heterocycles. The van der Waals surface area contributed by atoms with Crippen LogP contribution in [0.5, 0.6) is 0 Å². The quantitative estimate of drug-likeness (QED) is 0.917. The van der Waals surface area contributed by atoms with Gasteiger partial charge >= 0.3 is 0 Å². The fourth-order valence-corrected chi connectivity index (χ4v) is 2.89. The monoisotopic (exact) mass is 296 g/mol. The van der Waals surface area contributed by atoms with Crippen molar-refractivity contribution in [3.63, 3.8) is 0 Å². The molecule has 1 fully saturated rings. The van der Waals surface area contributed by atoms with Gasteiger partial charge in [-0.05, 0) is 6.42 Å². The zero-order chi connectivity index (χ0) is 15.4. The van der Waals surface area contributed by atoms with Crippen LogP contribution in [0.15, 0.2) is 36.5 Å². The van der Waals surface area contributed by atoms with Crippen molar-refractivity contribution in [2.24, 2.45) is 0 Å². The van der Waals surface area contributed by atoms with E-state index >= 15 is 0 Å². The van der Waals surface area contributed by atoms with Crippen LogP contribution in [0, 0.1) is 11.3 Å². The van der Waals surface area contributed by atoms with E-state index < -0.39 is 0 Å². The van der Waals surface area contributed by atoms with Crippen LogP contribution in [0.1, 0.15) is 18.4 Å². The molecule has 3 rings (SSSR count). The Kier molecular flexibility index (Phi) is 4.52. The summed E-state index contributed by atoms with van der Waals surface area (Å²) in [4.78, 5) is 2.25. The molecule has 114 valence electrons. The van der Waals surface area contributed by atoms with E-state index in [1.165, 1.54) is 0 Å². The lowest BCUT2D eigenvalue weighted by Gasteiger charge is -2.14. The zero-order valence-electron chi connectivity index (χ0n) is 12.5. The Morgan fingerprint density at radius 2 is 2.14 bits per heavy atom. The fourth-order valence-electron chi connectivity index (χ4n) is 2.89. The summed E-state index contributed by atoms with van der Waals surface area (Å²) in [6.07, 6.45) is 3.11. The highest BCUT2D eigenvalue weighted by Gasteiger charge is 2.22. The Balaban J connectivity index is 1.86. The minimum atomic E-state index is -0.214. The summed E-state index contributed by atoms with van der Waals surface area (Å²) in [6, 6.07) is 12.3. The molecule has 1 saturated heterocycles. The predicted octanol–water partition coefficient (Wildman–Crippen LogP) is 2.03. The summed E-state index contributed by atoms with van der Waals surface area (Å²) in [7, 11) is 0. The first-order valence-electron chi connectivity index (χ1n) is 7.65. The van der Waals surface area contributed by atoms with Gasteiger partial charge in [-0.25, -0.2) is 0 Å². The molecule has 5 heteroatoms. The molecule has 0 aliphatic carbocycles. The molecule has 1 N–H and O–H groups in total. The Morgan fingerprint density at radius 1 is 1.32 bits per heavy atom. The molecule has 0 spiro atoms. The Morgan fingerprint density at radius 3 is 2.82 bits per heavy atom. The van der Waals surface area contributed by atoms with Crippen molar-refractivity contribution in [2.75, 3.05) is 13.1 Å². The average molecular weight is 296 g/mol. The lowest BCUT2D eigenvalue weighted by atomic mass is 10.1. The molecule has 0 saturated carbocycles. The second-order valence-corrected chi connectivity index (χ2v) is 5.72. The summed E-state index contributed by atoms with van der Waals surface area (Å²) in [6.45, 7) is 3.03. The van der Waals surface area contributed by atoms with Crippen molar-refractivity contribution in [1.29, 1.82) is 5.26 Å². The molecule has 1 aliphatic rings. The predicted molar refractivity (Wildman–Crippen MR) is 83.8 cm³/mol. The molecular weight excluding hydrogens is 276 g/mol. The fraction of sp³-hybridized carbons (Fsp3) is 0.412. The highest BCUT2D eigenvalue weighted by atomic mass is 16.3. The van der Waals surface area contributed by atoms with Crippen molar-refractivity contribution < 1.29 is 5.11 Å². The van der Waals surface area contributed by atoms with E-state index in [9.17, 15) is 5.11 Å². The van der Waals surface area contributed by atoms with Crippen LogP contribution in [0.25, 0.3) is 11.3 Å². The molecule has 22 heavy (non-hydrogen) atoms. The molecule has 0 unspecified atom stereocenters. The highest BCUT2D eigenvalue weighted by molar-refractivity contribution is 5.62. The van der Waals surface area contributed by atoms with Gasteiger partial charge in [0.1, 0.15) is 0 Å². The number of aryl methyl sites for hydroxylation is 1. The van der Waals surface area contributed by atoms with Crippen molar-refractivity contribution in [2.45, 2.75) is 32.0 Å². The van der Waals surface area contributed by atoms with Crippen LogP contribution in [-0.4, -0.2) is 39.0 Å². The van der Waals surface area contributed by atoms with Gasteiger partial charge < -0.3 is 5.11 Å². The summed E-state index contributed by atoms with van der Waals surface area (Å²) in [5.74, 6) is 0. The third-order valence-electron chi connectivity index (χ3n) is 3.98. The molecule has 1 aromatic carbocycles. The number of hydrogen-bond donors (Lipinski definition) is 1. The number of likely N-dealkylation sites (tertiary alicyclic amines) is 1. The topological polar surface area (TPSA) is 65.1 Å². The number of rotatable bonds is 5. The first-order valence-corrected chi connectivity index (χ1v) is 7.65. The van der Waals surface area contributed by atoms with Gasteiger partial charge in [0.25, 0.3) is 0 Å². The van der Waals surface area contributed by atoms with Gasteiger partial charge in [0.2, 0.25) is 0 Å². The molecular formula is C17H20N4O. The molecule has 5 nitrogen and oxygen atoms in total. The molecule has 1 aromatic heterocycles. The van der Waals surface area contributed by atoms with Gasteiger partial charge in [0.15, 0.2) is 0 Å². The second-order valence-electron chi connectivity index (χ2n) is 5.72. The number of aliphatic hydroxyl groups excluding tert-OH is 1. The third kappa shape index (κ3) is 3.35. The maximum atomic E-state index is 9.69. The van der Waals surface area contributed by atoms with Gasteiger partial charge in [-0.2, -0.15) is 10.4 Å². The first kappa shape index (κ1) is 14.8. The summed E-state index contributed by atoms with van der Waals surface area (Å²) < 4.78 is 1.85. The molecule has 0 radical (unpaired) electrons. The van der Waals surface area contributed by atoms with E-state index in [2.05, 4.69) is 28.2 Å². The maximum Gasteiger partial charge on any atom is 0.0968 e. The number of nitrogens with zero attached hydrogens (tertiary/aromatic N) is 4. The lowest BCUT2D eigenvalue weighted by molar-refractivity contribution is 0.175. The molecule has 1 aliphatic heterocycles. The third-order valence-corrected chi connectivity index (χ3v) is 3.98. The average Bonchev–Trinajstić information content (AvgIpc) is 3.13. The Bertz CT molecular complexity index is 659. The van der Waals surface area contributed by atoms with Crippen molar-refractivity contribution in [3.8, 4) is 17.3 Å². The number of aliphatic hydroxyl groups is 1. The SMILES string of the molecule is N#CCCn1cc(CN2CC[C@H](O)C2)c(-c2ccccc2)n1. The first-order chi connectivity index (χ1) is 10.8. The minimum Gasteiger partial charge on any atom is -0.392 e. The van der Waals surface area contributed by atoms with Crippen molar-refractivity contribution in [3.05, 3.63) is 42.1 Å². The highest BCUT2D eigenvalue weighted by Crippen LogP contribution is 2.24. The van der Waals surface area contributed by atoms with Crippen LogP contribution in [0.3, 0.4) is 0 Å². The number of benzene rings is 1. The number of aromatic nitrogens is 2. The van der Waals surface area contributed by atoms with Crippen LogP contribution >= 0.6 is 0 Å². The van der Waals surface area contributed by atoms with E-state index in [1.807, 2.05) is 29.1 Å². The smallest absolute Gasteiger partial charge is 0.0968 e. The summed E-state index contributed by atoms with van der Waals surface area (Å²) in [5, 5.41) is 23.1. The Hall–Kier alpha value is -2.16. The van der Waals surface area contributed by atoms with Crippen LogP contribution in [0.4, 0.5) is 0 Å². The second kappa shape index (κ2) is 6.73. The summed E-state index contributed by atoms with van der Waals surface area (Å²) in [5.41, 5.74) is 3.21. The van der Waals surface area contributed by atoms with Crippen molar-refractivity contribution in [1.82, 2.24) is 14.7 Å². The van der Waals surface area contributed by atoms with Gasteiger partial charge in [0.05, 0.1) is 30.8 Å². The minimum absolute atomic E-state index is 0.214. The van der Waals surface area contributed by atoms with Gasteiger partial charge in [-0.3, -0.25) is 9.58 Å². The number of hydrogen-bond acceptors (Lipinski definition) is 4.